The van der Waals surface area contributed by atoms with Crippen LogP contribution < -0.4 is 4.72 Å². The van der Waals surface area contributed by atoms with Crippen molar-refractivity contribution in [1.82, 2.24) is 9.62 Å². The molecule has 0 aromatic heterocycles. The molecule has 1 heterocycles. The predicted molar refractivity (Wildman–Crippen MR) is 131 cm³/mol. The van der Waals surface area contributed by atoms with Crippen molar-refractivity contribution in [3.05, 3.63) is 97.9 Å². The van der Waals surface area contributed by atoms with Crippen LogP contribution in [0, 0.1) is 0 Å². The van der Waals surface area contributed by atoms with Crippen LogP contribution in [0.3, 0.4) is 0 Å². The van der Waals surface area contributed by atoms with Crippen molar-refractivity contribution in [3.63, 3.8) is 0 Å². The van der Waals surface area contributed by atoms with E-state index in [0.717, 1.165) is 11.1 Å². The molecule has 1 fully saturated rings. The topological polar surface area (TPSA) is 49.4 Å². The molecular weight excluding hydrogens is 510 g/mol. The number of nitrogens with one attached hydrogen (secondary N) is 1. The van der Waals surface area contributed by atoms with E-state index in [-0.39, 0.29) is 33.1 Å². The molecule has 0 spiro atoms. The van der Waals surface area contributed by atoms with E-state index in [1.807, 2.05) is 55.5 Å². The average molecular weight is 530 g/mol. The standard InChI is InChI=1S/C23H20Cl4N2O2S/c1-14-22(28-32(30,31)21-11-19(26)10-20(27)12-21)13-29(14)23(15-2-6-17(24)7-3-15)16-4-8-18(25)9-5-16/h2-12,14,22-23,28H,13H2,1H3/t14-,22+/m1/s1. The first-order valence-corrected chi connectivity index (χ1v) is 12.9. The largest absolute Gasteiger partial charge is 0.286 e. The van der Waals surface area contributed by atoms with E-state index < -0.39 is 10.0 Å². The zero-order valence-corrected chi connectivity index (χ0v) is 20.8. The van der Waals surface area contributed by atoms with Crippen molar-refractivity contribution in [1.29, 1.82) is 0 Å². The van der Waals surface area contributed by atoms with Crippen molar-refractivity contribution in [3.8, 4) is 0 Å². The Morgan fingerprint density at radius 3 is 1.72 bits per heavy atom. The summed E-state index contributed by atoms with van der Waals surface area (Å²) < 4.78 is 28.6. The lowest BCUT2D eigenvalue weighted by molar-refractivity contribution is 0.0370. The molecule has 3 aromatic rings. The minimum atomic E-state index is -3.77. The zero-order chi connectivity index (χ0) is 23.0. The maximum atomic E-state index is 12.9. The number of rotatable bonds is 6. The summed E-state index contributed by atoms with van der Waals surface area (Å²) in [6, 6.07) is 19.2. The van der Waals surface area contributed by atoms with Gasteiger partial charge in [-0.25, -0.2) is 13.1 Å². The minimum absolute atomic E-state index is 0.0487. The lowest BCUT2D eigenvalue weighted by atomic mass is 9.89. The van der Waals surface area contributed by atoms with Crippen LogP contribution in [0.25, 0.3) is 0 Å². The highest BCUT2D eigenvalue weighted by Gasteiger charge is 2.42. The van der Waals surface area contributed by atoms with Crippen molar-refractivity contribution in [2.24, 2.45) is 0 Å². The van der Waals surface area contributed by atoms with Gasteiger partial charge < -0.3 is 0 Å². The SMILES string of the molecule is C[C@@H]1[C@@H](NS(=O)(=O)c2cc(Cl)cc(Cl)c2)CN1C(c1ccc(Cl)cc1)c1ccc(Cl)cc1. The zero-order valence-electron chi connectivity index (χ0n) is 17.0. The summed E-state index contributed by atoms with van der Waals surface area (Å²) in [5.74, 6) is 0. The Kier molecular flexibility index (Phi) is 7.08. The Labute approximate surface area is 208 Å². The lowest BCUT2D eigenvalue weighted by Crippen LogP contribution is -2.66. The number of hydrogen-bond acceptors (Lipinski definition) is 3. The normalized spacial score (nSPS) is 19.2. The van der Waals surface area contributed by atoms with Crippen LogP contribution in [0.1, 0.15) is 24.1 Å². The molecule has 4 rings (SSSR count). The maximum Gasteiger partial charge on any atom is 0.241 e. The second kappa shape index (κ2) is 9.51. The van der Waals surface area contributed by atoms with Crippen LogP contribution in [-0.2, 0) is 10.0 Å². The first kappa shape index (κ1) is 23.8. The number of benzene rings is 3. The van der Waals surface area contributed by atoms with Crippen LogP contribution in [0.2, 0.25) is 20.1 Å². The Bertz CT molecular complexity index is 1150. The molecule has 0 radical (unpaired) electrons. The summed E-state index contributed by atoms with van der Waals surface area (Å²) in [7, 11) is -3.77. The van der Waals surface area contributed by atoms with Crippen LogP contribution in [0.5, 0.6) is 0 Å². The summed E-state index contributed by atoms with van der Waals surface area (Å²) >= 11 is 24.2. The van der Waals surface area contributed by atoms with Crippen molar-refractivity contribution in [2.45, 2.75) is 29.9 Å². The van der Waals surface area contributed by atoms with E-state index in [2.05, 4.69) is 9.62 Å². The quantitative estimate of drug-likeness (QED) is 0.399. The Balaban J connectivity index is 1.57. The molecular formula is C23H20Cl4N2O2S. The summed E-state index contributed by atoms with van der Waals surface area (Å²) in [5.41, 5.74) is 2.12. The van der Waals surface area contributed by atoms with Crippen LogP contribution in [-0.4, -0.2) is 31.9 Å². The molecule has 32 heavy (non-hydrogen) atoms. The van der Waals surface area contributed by atoms with Gasteiger partial charge in [-0.3, -0.25) is 4.90 Å². The summed E-state index contributed by atoms with van der Waals surface area (Å²) in [6.07, 6.45) is 0. The van der Waals surface area contributed by atoms with E-state index in [9.17, 15) is 8.42 Å². The van der Waals surface area contributed by atoms with Gasteiger partial charge in [0.15, 0.2) is 0 Å². The fraction of sp³-hybridized carbons (Fsp3) is 0.217. The molecule has 0 amide bonds. The molecule has 1 aliphatic rings. The second-order valence-corrected chi connectivity index (χ2v) is 11.2. The number of likely N-dealkylation sites (tertiary alicyclic amines) is 1. The average Bonchev–Trinajstić information content (AvgIpc) is 2.74. The van der Waals surface area contributed by atoms with E-state index in [1.54, 1.807) is 0 Å². The van der Waals surface area contributed by atoms with E-state index in [0.29, 0.717) is 16.6 Å². The first-order chi connectivity index (χ1) is 15.1. The van der Waals surface area contributed by atoms with Gasteiger partial charge in [-0.1, -0.05) is 70.7 Å². The molecule has 168 valence electrons. The third-order valence-corrected chi connectivity index (χ3v) is 8.08. The molecule has 3 aromatic carbocycles. The predicted octanol–water partition coefficient (Wildman–Crippen LogP) is 6.44. The lowest BCUT2D eigenvalue weighted by Gasteiger charge is -2.50. The number of nitrogens with zero attached hydrogens (tertiary/aromatic N) is 1. The fourth-order valence-corrected chi connectivity index (χ4v) is 6.21. The van der Waals surface area contributed by atoms with Crippen molar-refractivity contribution < 1.29 is 8.42 Å². The number of sulfonamides is 1. The molecule has 1 aliphatic heterocycles. The molecule has 9 heteroatoms. The first-order valence-electron chi connectivity index (χ1n) is 9.89. The van der Waals surface area contributed by atoms with Crippen molar-refractivity contribution in [2.75, 3.05) is 6.54 Å². The summed E-state index contributed by atoms with van der Waals surface area (Å²) in [6.45, 7) is 2.53. The van der Waals surface area contributed by atoms with E-state index in [4.69, 9.17) is 46.4 Å². The molecule has 0 saturated carbocycles. The summed E-state index contributed by atoms with van der Waals surface area (Å²) in [5, 5.41) is 1.86. The van der Waals surface area contributed by atoms with Gasteiger partial charge in [0.1, 0.15) is 0 Å². The van der Waals surface area contributed by atoms with Gasteiger partial charge in [0, 0.05) is 32.7 Å². The molecule has 1 saturated heterocycles. The Hall–Kier alpha value is -1.31. The van der Waals surface area contributed by atoms with E-state index in [1.165, 1.54) is 18.2 Å². The third-order valence-electron chi connectivity index (χ3n) is 5.67. The molecule has 1 N–H and O–H groups in total. The molecule has 2 atom stereocenters. The Morgan fingerprint density at radius 1 is 0.812 bits per heavy atom. The van der Waals surface area contributed by atoms with Gasteiger partial charge in [-0.15, -0.1) is 0 Å². The third kappa shape index (κ3) is 5.10. The van der Waals surface area contributed by atoms with Gasteiger partial charge in [-0.05, 0) is 60.5 Å². The summed E-state index contributed by atoms with van der Waals surface area (Å²) in [4.78, 5) is 2.29. The van der Waals surface area contributed by atoms with Crippen LogP contribution in [0.4, 0.5) is 0 Å². The van der Waals surface area contributed by atoms with E-state index >= 15 is 0 Å². The van der Waals surface area contributed by atoms with Gasteiger partial charge in [0.2, 0.25) is 10.0 Å². The molecule has 0 bridgehead atoms. The molecule has 0 unspecified atom stereocenters. The highest BCUT2D eigenvalue weighted by Crippen LogP contribution is 2.37. The number of hydrogen-bond donors (Lipinski definition) is 1. The number of halogens is 4. The van der Waals surface area contributed by atoms with Crippen molar-refractivity contribution >= 4 is 56.4 Å². The Morgan fingerprint density at radius 2 is 1.28 bits per heavy atom. The monoisotopic (exact) mass is 528 g/mol. The smallest absolute Gasteiger partial charge is 0.241 e. The maximum absolute atomic E-state index is 12.9. The van der Waals surface area contributed by atoms with Crippen LogP contribution >= 0.6 is 46.4 Å². The van der Waals surface area contributed by atoms with Gasteiger partial charge in [0.05, 0.1) is 17.0 Å². The van der Waals surface area contributed by atoms with Gasteiger partial charge in [-0.2, -0.15) is 0 Å². The van der Waals surface area contributed by atoms with Crippen LogP contribution in [0.15, 0.2) is 71.6 Å². The molecule has 4 nitrogen and oxygen atoms in total. The second-order valence-electron chi connectivity index (χ2n) is 7.78. The highest BCUT2D eigenvalue weighted by atomic mass is 35.5. The molecule has 0 aliphatic carbocycles. The fourth-order valence-electron chi connectivity index (χ4n) is 3.93. The van der Waals surface area contributed by atoms with Gasteiger partial charge in [0.25, 0.3) is 0 Å². The minimum Gasteiger partial charge on any atom is -0.286 e. The highest BCUT2D eigenvalue weighted by molar-refractivity contribution is 7.89. The van der Waals surface area contributed by atoms with Gasteiger partial charge >= 0.3 is 0 Å².